The lowest BCUT2D eigenvalue weighted by molar-refractivity contribution is -0.159. The predicted octanol–water partition coefficient (Wildman–Crippen LogP) is 1.42. The van der Waals surface area contributed by atoms with Crippen molar-refractivity contribution in [1.82, 2.24) is 4.90 Å². The number of nitrogens with zero attached hydrogens (tertiary/aromatic N) is 1. The van der Waals surface area contributed by atoms with Crippen LogP contribution in [0.3, 0.4) is 0 Å². The predicted molar refractivity (Wildman–Crippen MR) is 71.3 cm³/mol. The van der Waals surface area contributed by atoms with Crippen LogP contribution in [0.4, 0.5) is 0 Å². The fourth-order valence-electron chi connectivity index (χ4n) is 2.12. The van der Waals surface area contributed by atoms with Crippen LogP contribution in [0.1, 0.15) is 34.6 Å². The summed E-state index contributed by atoms with van der Waals surface area (Å²) in [6, 6.07) is -0.402. The first-order valence-corrected chi connectivity index (χ1v) is 5.95. The molecule has 2 N–H and O–H groups in total. The molecule has 5 heteroatoms. The van der Waals surface area contributed by atoms with Crippen LogP contribution in [0.25, 0.3) is 0 Å². The number of carbonyl (C=O) groups is 1. The second-order valence-corrected chi connectivity index (χ2v) is 5.68. The van der Waals surface area contributed by atoms with Gasteiger partial charge in [-0.1, -0.05) is 13.8 Å². The highest BCUT2D eigenvalue weighted by Gasteiger charge is 2.35. The van der Waals surface area contributed by atoms with Crippen LogP contribution in [0.5, 0.6) is 0 Å². The Bertz CT molecular complexity index is 269. The third kappa shape index (κ3) is 4.45. The summed E-state index contributed by atoms with van der Waals surface area (Å²) < 4.78 is 5.76. The number of nitrogens with two attached hydrogens (primary N) is 1. The van der Waals surface area contributed by atoms with Gasteiger partial charge in [0.25, 0.3) is 0 Å². The maximum atomic E-state index is 12.1. The molecule has 1 aliphatic heterocycles. The Morgan fingerprint density at radius 2 is 2.00 bits per heavy atom. The van der Waals surface area contributed by atoms with Crippen molar-refractivity contribution >= 4 is 18.3 Å². The van der Waals surface area contributed by atoms with Crippen LogP contribution in [-0.4, -0.2) is 41.6 Å². The van der Waals surface area contributed by atoms with Crippen molar-refractivity contribution in [3.63, 3.8) is 0 Å². The van der Waals surface area contributed by atoms with Crippen LogP contribution >= 0.6 is 12.4 Å². The SMILES string of the molecule is CC1CN(C(=O)[C@H](N)C(C)C)CC(C)(C)O1.Cl. The molecule has 17 heavy (non-hydrogen) atoms. The van der Waals surface area contributed by atoms with E-state index in [4.69, 9.17) is 10.5 Å². The summed E-state index contributed by atoms with van der Waals surface area (Å²) in [6.45, 7) is 11.2. The van der Waals surface area contributed by atoms with Crippen LogP contribution < -0.4 is 5.73 Å². The molecule has 2 atom stereocenters. The topological polar surface area (TPSA) is 55.6 Å². The fourth-order valence-corrected chi connectivity index (χ4v) is 2.12. The summed E-state index contributed by atoms with van der Waals surface area (Å²) in [4.78, 5) is 14.0. The number of rotatable bonds is 2. The highest BCUT2D eigenvalue weighted by atomic mass is 35.5. The number of morpholine rings is 1. The normalized spacial score (nSPS) is 25.4. The third-order valence-electron chi connectivity index (χ3n) is 2.88. The molecule has 1 aliphatic rings. The van der Waals surface area contributed by atoms with Crippen LogP contribution in [0.15, 0.2) is 0 Å². The molecule has 0 bridgehead atoms. The molecular weight excluding hydrogens is 240 g/mol. The third-order valence-corrected chi connectivity index (χ3v) is 2.88. The Kier molecular flexibility index (Phi) is 5.91. The second kappa shape index (κ2) is 6.03. The van der Waals surface area contributed by atoms with E-state index in [0.29, 0.717) is 13.1 Å². The summed E-state index contributed by atoms with van der Waals surface area (Å²) >= 11 is 0. The van der Waals surface area contributed by atoms with Gasteiger partial charge in [0.15, 0.2) is 0 Å². The van der Waals surface area contributed by atoms with Gasteiger partial charge in [-0.2, -0.15) is 0 Å². The quantitative estimate of drug-likeness (QED) is 0.821. The van der Waals surface area contributed by atoms with Crippen molar-refractivity contribution in [3.8, 4) is 0 Å². The largest absolute Gasteiger partial charge is 0.369 e. The highest BCUT2D eigenvalue weighted by molar-refractivity contribution is 5.85. The van der Waals surface area contributed by atoms with Crippen LogP contribution in [0, 0.1) is 5.92 Å². The minimum Gasteiger partial charge on any atom is -0.369 e. The van der Waals surface area contributed by atoms with Crippen molar-refractivity contribution in [2.24, 2.45) is 11.7 Å². The summed E-state index contributed by atoms with van der Waals surface area (Å²) in [5, 5.41) is 0. The van der Waals surface area contributed by atoms with Crippen molar-refractivity contribution in [1.29, 1.82) is 0 Å². The molecule has 0 aromatic rings. The molecule has 102 valence electrons. The van der Waals surface area contributed by atoms with Gasteiger partial charge in [-0.25, -0.2) is 0 Å². The summed E-state index contributed by atoms with van der Waals surface area (Å²) in [5.74, 6) is 0.215. The van der Waals surface area contributed by atoms with E-state index in [1.807, 2.05) is 39.5 Å². The number of carbonyl (C=O) groups excluding carboxylic acids is 1. The number of hydrogen-bond acceptors (Lipinski definition) is 3. The molecule has 0 aromatic carbocycles. The summed E-state index contributed by atoms with van der Waals surface area (Å²) in [7, 11) is 0. The Morgan fingerprint density at radius 1 is 1.47 bits per heavy atom. The van der Waals surface area contributed by atoms with E-state index in [1.165, 1.54) is 0 Å². The first-order chi connectivity index (χ1) is 7.23. The Hall–Kier alpha value is -0.320. The van der Waals surface area contributed by atoms with Gasteiger partial charge in [-0.3, -0.25) is 4.79 Å². The van der Waals surface area contributed by atoms with E-state index >= 15 is 0 Å². The van der Waals surface area contributed by atoms with Crippen molar-refractivity contribution in [2.75, 3.05) is 13.1 Å². The molecular formula is C12H25ClN2O2. The molecule has 0 saturated carbocycles. The highest BCUT2D eigenvalue weighted by Crippen LogP contribution is 2.21. The lowest BCUT2D eigenvalue weighted by atomic mass is 10.0. The van der Waals surface area contributed by atoms with E-state index < -0.39 is 6.04 Å². The molecule has 1 unspecified atom stereocenters. The number of ether oxygens (including phenoxy) is 1. The minimum absolute atomic E-state index is 0. The lowest BCUT2D eigenvalue weighted by Gasteiger charge is -2.42. The van der Waals surface area contributed by atoms with Gasteiger partial charge in [0.2, 0.25) is 5.91 Å². The van der Waals surface area contributed by atoms with Crippen molar-refractivity contribution < 1.29 is 9.53 Å². The molecule has 0 aliphatic carbocycles. The van der Waals surface area contributed by atoms with E-state index in [2.05, 4.69) is 0 Å². The molecule has 1 rings (SSSR count). The van der Waals surface area contributed by atoms with Crippen LogP contribution in [-0.2, 0) is 9.53 Å². The number of halogens is 1. The first-order valence-electron chi connectivity index (χ1n) is 5.95. The molecule has 1 amide bonds. The first kappa shape index (κ1) is 16.7. The average molecular weight is 265 g/mol. The van der Waals surface area contributed by atoms with E-state index in [0.717, 1.165) is 0 Å². The van der Waals surface area contributed by atoms with E-state index in [1.54, 1.807) is 0 Å². The van der Waals surface area contributed by atoms with Gasteiger partial charge < -0.3 is 15.4 Å². The Balaban J connectivity index is 0.00000256. The van der Waals surface area contributed by atoms with Crippen LogP contribution in [0.2, 0.25) is 0 Å². The van der Waals surface area contributed by atoms with Gasteiger partial charge in [0, 0.05) is 13.1 Å². The second-order valence-electron chi connectivity index (χ2n) is 5.68. The van der Waals surface area contributed by atoms with Gasteiger partial charge in [0.05, 0.1) is 17.7 Å². The van der Waals surface area contributed by atoms with Gasteiger partial charge in [-0.05, 0) is 26.7 Å². The zero-order valence-electron chi connectivity index (χ0n) is 11.4. The van der Waals surface area contributed by atoms with Crippen molar-refractivity contribution in [3.05, 3.63) is 0 Å². The standard InChI is InChI=1S/C12H24N2O2.ClH/c1-8(2)10(13)11(15)14-6-9(3)16-12(4,5)7-14;/h8-10H,6-7,13H2,1-5H3;1H/t9?,10-;/m1./s1. The number of amides is 1. The number of hydrogen-bond donors (Lipinski definition) is 1. The van der Waals surface area contributed by atoms with Gasteiger partial charge in [0.1, 0.15) is 0 Å². The minimum atomic E-state index is -0.402. The molecule has 1 fully saturated rings. The van der Waals surface area contributed by atoms with Gasteiger partial charge >= 0.3 is 0 Å². The van der Waals surface area contributed by atoms with E-state index in [9.17, 15) is 4.79 Å². The molecule has 4 nitrogen and oxygen atoms in total. The Labute approximate surface area is 110 Å². The zero-order valence-corrected chi connectivity index (χ0v) is 12.2. The summed E-state index contributed by atoms with van der Waals surface area (Å²) in [5.41, 5.74) is 5.62. The molecule has 0 radical (unpaired) electrons. The summed E-state index contributed by atoms with van der Waals surface area (Å²) in [6.07, 6.45) is 0.0760. The monoisotopic (exact) mass is 264 g/mol. The lowest BCUT2D eigenvalue weighted by Crippen LogP contribution is -2.58. The van der Waals surface area contributed by atoms with Crippen molar-refractivity contribution in [2.45, 2.75) is 52.4 Å². The smallest absolute Gasteiger partial charge is 0.239 e. The van der Waals surface area contributed by atoms with E-state index in [-0.39, 0.29) is 35.9 Å². The van der Waals surface area contributed by atoms with Gasteiger partial charge in [-0.15, -0.1) is 12.4 Å². The molecule has 0 spiro atoms. The molecule has 0 aromatic heterocycles. The average Bonchev–Trinajstić information content (AvgIpc) is 2.12. The maximum Gasteiger partial charge on any atom is 0.239 e. The zero-order chi connectivity index (χ0) is 12.5. The Morgan fingerprint density at radius 3 is 2.41 bits per heavy atom. The maximum absolute atomic E-state index is 12.1. The molecule has 1 saturated heterocycles. The fraction of sp³-hybridized carbons (Fsp3) is 0.917. The molecule has 1 heterocycles.